The van der Waals surface area contributed by atoms with Crippen LogP contribution in [0.5, 0.6) is 0 Å². The summed E-state index contributed by atoms with van der Waals surface area (Å²) in [6.07, 6.45) is 1.84. The summed E-state index contributed by atoms with van der Waals surface area (Å²) < 4.78 is 15.5. The third-order valence-electron chi connectivity index (χ3n) is 3.35. The normalized spacial score (nSPS) is 12.7. The molecule has 0 spiro atoms. The molecule has 1 N–H and O–H groups in total. The van der Waals surface area contributed by atoms with Crippen molar-refractivity contribution >= 4 is 11.6 Å². The molecule has 1 atom stereocenters. The maximum atomic E-state index is 13.6. The second-order valence-corrected chi connectivity index (χ2v) is 5.08. The zero-order chi connectivity index (χ0) is 14.0. The summed E-state index contributed by atoms with van der Waals surface area (Å²) in [7, 11) is 1.91. The summed E-state index contributed by atoms with van der Waals surface area (Å²) in [5, 5.41) is 7.91. The van der Waals surface area contributed by atoms with Gasteiger partial charge in [-0.15, -0.1) is 0 Å². The average Bonchev–Trinajstić information content (AvgIpc) is 2.69. The summed E-state index contributed by atoms with van der Waals surface area (Å²) in [5.41, 5.74) is 2.84. The highest BCUT2D eigenvalue weighted by Crippen LogP contribution is 2.18. The van der Waals surface area contributed by atoms with Crippen LogP contribution in [0.4, 0.5) is 4.39 Å². The number of rotatable bonds is 4. The van der Waals surface area contributed by atoms with Gasteiger partial charge in [-0.05, 0) is 26.0 Å². The molecule has 2 aromatic rings. The van der Waals surface area contributed by atoms with Crippen molar-refractivity contribution in [2.45, 2.75) is 26.4 Å². The minimum atomic E-state index is -0.282. The van der Waals surface area contributed by atoms with E-state index in [0.29, 0.717) is 17.1 Å². The van der Waals surface area contributed by atoms with Crippen molar-refractivity contribution in [1.29, 1.82) is 0 Å². The van der Waals surface area contributed by atoms with Crippen molar-refractivity contribution < 1.29 is 4.39 Å². The zero-order valence-corrected chi connectivity index (χ0v) is 12.0. The Kier molecular flexibility index (Phi) is 4.22. The Morgan fingerprint density at radius 2 is 2.21 bits per heavy atom. The summed E-state index contributed by atoms with van der Waals surface area (Å²) in [4.78, 5) is 0. The quantitative estimate of drug-likeness (QED) is 0.931. The molecule has 1 aromatic heterocycles. The topological polar surface area (TPSA) is 29.9 Å². The van der Waals surface area contributed by atoms with E-state index in [2.05, 4.69) is 10.4 Å². The van der Waals surface area contributed by atoms with Crippen LogP contribution in [0.2, 0.25) is 5.02 Å². The predicted octanol–water partition coefficient (Wildman–Crippen LogP) is 3.37. The molecule has 0 saturated carbocycles. The van der Waals surface area contributed by atoms with Crippen LogP contribution >= 0.6 is 11.6 Å². The lowest BCUT2D eigenvalue weighted by atomic mass is 10.1. The first-order chi connectivity index (χ1) is 8.99. The highest BCUT2D eigenvalue weighted by molar-refractivity contribution is 6.30. The fourth-order valence-electron chi connectivity index (χ4n) is 1.98. The second-order valence-electron chi connectivity index (χ2n) is 4.65. The number of aromatic nitrogens is 2. The number of nitrogens with zero attached hydrogens (tertiary/aromatic N) is 2. The maximum absolute atomic E-state index is 13.6. The van der Waals surface area contributed by atoms with E-state index in [-0.39, 0.29) is 11.9 Å². The first kappa shape index (κ1) is 14.0. The van der Waals surface area contributed by atoms with Crippen molar-refractivity contribution in [3.8, 4) is 0 Å². The van der Waals surface area contributed by atoms with Gasteiger partial charge in [0.05, 0.1) is 6.20 Å². The van der Waals surface area contributed by atoms with Gasteiger partial charge in [0.1, 0.15) is 5.82 Å². The van der Waals surface area contributed by atoms with Crippen molar-refractivity contribution in [3.63, 3.8) is 0 Å². The maximum Gasteiger partial charge on any atom is 0.129 e. The molecule has 5 heteroatoms. The van der Waals surface area contributed by atoms with Gasteiger partial charge in [-0.2, -0.15) is 5.10 Å². The van der Waals surface area contributed by atoms with Gasteiger partial charge in [-0.1, -0.05) is 17.7 Å². The van der Waals surface area contributed by atoms with E-state index in [1.807, 2.05) is 31.8 Å². The first-order valence-electron chi connectivity index (χ1n) is 6.15. The number of halogens is 2. The first-order valence-corrected chi connectivity index (χ1v) is 6.52. The van der Waals surface area contributed by atoms with E-state index < -0.39 is 0 Å². The van der Waals surface area contributed by atoms with E-state index in [1.54, 1.807) is 12.1 Å². The van der Waals surface area contributed by atoms with Gasteiger partial charge < -0.3 is 5.32 Å². The number of nitrogens with one attached hydrogen (secondary N) is 1. The van der Waals surface area contributed by atoms with Crippen molar-refractivity contribution in [2.24, 2.45) is 7.05 Å². The monoisotopic (exact) mass is 281 g/mol. The molecule has 1 aromatic carbocycles. The summed E-state index contributed by atoms with van der Waals surface area (Å²) in [5.74, 6) is -0.282. The van der Waals surface area contributed by atoms with Gasteiger partial charge >= 0.3 is 0 Å². The number of hydrogen-bond donors (Lipinski definition) is 1. The molecule has 102 valence electrons. The predicted molar refractivity (Wildman–Crippen MR) is 74.6 cm³/mol. The van der Waals surface area contributed by atoms with Crippen LogP contribution in [0.3, 0.4) is 0 Å². The minimum Gasteiger partial charge on any atom is -0.306 e. The Bertz CT molecular complexity index is 580. The van der Waals surface area contributed by atoms with Crippen LogP contribution < -0.4 is 5.32 Å². The van der Waals surface area contributed by atoms with Crippen LogP contribution in [0, 0.1) is 12.7 Å². The molecule has 1 unspecified atom stereocenters. The molecule has 0 aliphatic carbocycles. The fourth-order valence-corrected chi connectivity index (χ4v) is 2.14. The molecule has 3 nitrogen and oxygen atoms in total. The molecule has 2 rings (SSSR count). The highest BCUT2D eigenvalue weighted by Gasteiger charge is 2.12. The minimum absolute atomic E-state index is 0.115. The van der Waals surface area contributed by atoms with Crippen LogP contribution in [-0.4, -0.2) is 9.78 Å². The molecule has 0 aliphatic rings. The third-order valence-corrected chi connectivity index (χ3v) is 3.59. The molecule has 0 amide bonds. The fraction of sp³-hybridized carbons (Fsp3) is 0.357. The van der Waals surface area contributed by atoms with Gasteiger partial charge in [-0.25, -0.2) is 4.39 Å². The lowest BCUT2D eigenvalue weighted by molar-refractivity contribution is 0.542. The van der Waals surface area contributed by atoms with Gasteiger partial charge in [0.25, 0.3) is 0 Å². The number of aryl methyl sites for hydroxylation is 1. The van der Waals surface area contributed by atoms with E-state index in [1.165, 1.54) is 6.07 Å². The van der Waals surface area contributed by atoms with E-state index in [9.17, 15) is 4.39 Å². The largest absolute Gasteiger partial charge is 0.306 e. The SMILES string of the molecule is Cc1c(C(C)NCc2ccc(Cl)cc2F)cnn1C. The number of benzene rings is 1. The Morgan fingerprint density at radius 1 is 1.47 bits per heavy atom. The van der Waals surface area contributed by atoms with E-state index >= 15 is 0 Å². The van der Waals surface area contributed by atoms with Crippen molar-refractivity contribution in [3.05, 3.63) is 52.1 Å². The summed E-state index contributed by atoms with van der Waals surface area (Å²) >= 11 is 5.73. The summed E-state index contributed by atoms with van der Waals surface area (Å²) in [6, 6.07) is 4.84. The van der Waals surface area contributed by atoms with Gasteiger partial charge in [0, 0.05) is 41.5 Å². The lowest BCUT2D eigenvalue weighted by Gasteiger charge is -2.14. The molecular formula is C14H17ClFN3. The third kappa shape index (κ3) is 3.14. The standard InChI is InChI=1S/C14H17ClFN3/c1-9(13-8-18-19(3)10(13)2)17-7-11-4-5-12(15)6-14(11)16/h4-6,8-9,17H,7H2,1-3H3. The Hall–Kier alpha value is -1.39. The molecule has 0 saturated heterocycles. The second kappa shape index (κ2) is 5.72. The number of hydrogen-bond acceptors (Lipinski definition) is 2. The molecule has 0 radical (unpaired) electrons. The van der Waals surface area contributed by atoms with Crippen molar-refractivity contribution in [2.75, 3.05) is 0 Å². The van der Waals surface area contributed by atoms with Crippen LogP contribution in [0.25, 0.3) is 0 Å². The Labute approximate surface area is 117 Å². The Balaban J connectivity index is 2.04. The van der Waals surface area contributed by atoms with E-state index in [4.69, 9.17) is 11.6 Å². The average molecular weight is 282 g/mol. The highest BCUT2D eigenvalue weighted by atomic mass is 35.5. The van der Waals surface area contributed by atoms with Gasteiger partial charge in [0.15, 0.2) is 0 Å². The smallest absolute Gasteiger partial charge is 0.129 e. The molecule has 1 heterocycles. The zero-order valence-electron chi connectivity index (χ0n) is 11.2. The van der Waals surface area contributed by atoms with Crippen molar-refractivity contribution in [1.82, 2.24) is 15.1 Å². The van der Waals surface area contributed by atoms with E-state index in [0.717, 1.165) is 11.3 Å². The lowest BCUT2D eigenvalue weighted by Crippen LogP contribution is -2.19. The van der Waals surface area contributed by atoms with Crippen LogP contribution in [0.1, 0.15) is 29.8 Å². The van der Waals surface area contributed by atoms with Crippen LogP contribution in [-0.2, 0) is 13.6 Å². The molecule has 19 heavy (non-hydrogen) atoms. The Morgan fingerprint density at radius 3 is 2.79 bits per heavy atom. The van der Waals surface area contributed by atoms with Gasteiger partial charge in [0.2, 0.25) is 0 Å². The molecule has 0 aliphatic heterocycles. The molecule has 0 fully saturated rings. The molecule has 0 bridgehead atoms. The summed E-state index contributed by atoms with van der Waals surface area (Å²) in [6.45, 7) is 4.51. The van der Waals surface area contributed by atoms with Gasteiger partial charge in [-0.3, -0.25) is 4.68 Å². The molecular weight excluding hydrogens is 265 g/mol. The van der Waals surface area contributed by atoms with Crippen LogP contribution in [0.15, 0.2) is 24.4 Å².